The normalized spacial score (nSPS) is 16.1. The Morgan fingerprint density at radius 3 is 2.61 bits per heavy atom. The van der Waals surface area contributed by atoms with E-state index in [1.807, 2.05) is 36.4 Å². The molecule has 0 N–H and O–H groups in total. The first-order valence-electron chi connectivity index (χ1n) is 5.53. The fourth-order valence-corrected chi connectivity index (χ4v) is 2.94. The van der Waals surface area contributed by atoms with Gasteiger partial charge in [0.05, 0.1) is 4.91 Å². The van der Waals surface area contributed by atoms with Gasteiger partial charge in [-0.3, -0.25) is 4.79 Å². The number of hydrogen-bond acceptors (Lipinski definition) is 2. The molecule has 0 radical (unpaired) electrons. The largest absolute Gasteiger partial charge is 0.288 e. The molecule has 3 rings (SSSR count). The Labute approximate surface area is 108 Å². The lowest BCUT2D eigenvalue weighted by atomic mass is 10.1. The second kappa shape index (κ2) is 4.42. The molecule has 18 heavy (non-hydrogen) atoms. The van der Waals surface area contributed by atoms with Crippen molar-refractivity contribution in [2.45, 2.75) is 4.90 Å². The number of allylic oxidation sites excluding steroid dienone is 1. The SMILES string of the molecule is O=C1/C(=C/c2ccccc2)Sc2cc(F)ccc21. The van der Waals surface area contributed by atoms with E-state index < -0.39 is 0 Å². The maximum atomic E-state index is 13.1. The molecular formula is C15H9FOS. The molecule has 0 bridgehead atoms. The summed E-state index contributed by atoms with van der Waals surface area (Å²) >= 11 is 1.32. The zero-order chi connectivity index (χ0) is 12.5. The summed E-state index contributed by atoms with van der Waals surface area (Å²) in [5.41, 5.74) is 1.56. The maximum Gasteiger partial charge on any atom is 0.200 e. The number of rotatable bonds is 1. The molecule has 3 heteroatoms. The van der Waals surface area contributed by atoms with Crippen LogP contribution in [0.1, 0.15) is 15.9 Å². The standard InChI is InChI=1S/C15H9FOS/c16-11-6-7-12-13(9-11)18-14(15(12)17)8-10-4-2-1-3-5-10/h1-9H/b14-8-. The molecule has 0 amide bonds. The molecular weight excluding hydrogens is 247 g/mol. The van der Waals surface area contributed by atoms with Crippen molar-refractivity contribution in [3.63, 3.8) is 0 Å². The topological polar surface area (TPSA) is 17.1 Å². The monoisotopic (exact) mass is 256 g/mol. The molecule has 1 aliphatic heterocycles. The fourth-order valence-electron chi connectivity index (χ4n) is 1.86. The van der Waals surface area contributed by atoms with E-state index in [-0.39, 0.29) is 11.6 Å². The summed E-state index contributed by atoms with van der Waals surface area (Å²) in [5, 5.41) is 0. The van der Waals surface area contributed by atoms with Crippen molar-refractivity contribution in [3.05, 3.63) is 70.4 Å². The summed E-state index contributed by atoms with van der Waals surface area (Å²) in [6.45, 7) is 0. The number of hydrogen-bond donors (Lipinski definition) is 0. The average Bonchev–Trinajstić information content (AvgIpc) is 2.67. The van der Waals surface area contributed by atoms with Crippen LogP contribution < -0.4 is 0 Å². The second-order valence-electron chi connectivity index (χ2n) is 3.99. The third-order valence-corrected chi connectivity index (χ3v) is 3.81. The first kappa shape index (κ1) is 11.2. The van der Waals surface area contributed by atoms with Gasteiger partial charge in [0.15, 0.2) is 0 Å². The van der Waals surface area contributed by atoms with E-state index in [2.05, 4.69) is 0 Å². The number of benzene rings is 2. The number of ketones is 1. The van der Waals surface area contributed by atoms with Gasteiger partial charge < -0.3 is 0 Å². The summed E-state index contributed by atoms with van der Waals surface area (Å²) in [7, 11) is 0. The summed E-state index contributed by atoms with van der Waals surface area (Å²) in [5.74, 6) is -0.339. The molecule has 1 nitrogen and oxygen atoms in total. The molecule has 0 saturated carbocycles. The van der Waals surface area contributed by atoms with Gasteiger partial charge in [-0.1, -0.05) is 42.1 Å². The van der Waals surface area contributed by atoms with Crippen LogP contribution in [0.2, 0.25) is 0 Å². The highest BCUT2D eigenvalue weighted by Gasteiger charge is 2.25. The van der Waals surface area contributed by atoms with Crippen LogP contribution in [-0.4, -0.2) is 5.78 Å². The van der Waals surface area contributed by atoms with Crippen LogP contribution in [0.25, 0.3) is 6.08 Å². The summed E-state index contributed by atoms with van der Waals surface area (Å²) in [4.78, 5) is 13.4. The second-order valence-corrected chi connectivity index (χ2v) is 5.07. The Morgan fingerprint density at radius 1 is 1.06 bits per heavy atom. The smallest absolute Gasteiger partial charge is 0.200 e. The number of carbonyl (C=O) groups is 1. The van der Waals surface area contributed by atoms with Crippen molar-refractivity contribution in [1.29, 1.82) is 0 Å². The Hall–Kier alpha value is -1.87. The van der Waals surface area contributed by atoms with Crippen LogP contribution in [0.15, 0.2) is 58.3 Å². The van der Waals surface area contributed by atoms with E-state index in [1.165, 1.54) is 23.9 Å². The predicted molar refractivity (Wildman–Crippen MR) is 71.0 cm³/mol. The van der Waals surface area contributed by atoms with E-state index in [1.54, 1.807) is 6.07 Å². The minimum Gasteiger partial charge on any atom is -0.288 e. The lowest BCUT2D eigenvalue weighted by molar-refractivity contribution is 0.104. The molecule has 0 fully saturated rings. The van der Waals surface area contributed by atoms with Gasteiger partial charge in [-0.15, -0.1) is 0 Å². The first-order valence-corrected chi connectivity index (χ1v) is 6.34. The van der Waals surface area contributed by atoms with E-state index in [4.69, 9.17) is 0 Å². The fraction of sp³-hybridized carbons (Fsp3) is 0. The van der Waals surface area contributed by atoms with Gasteiger partial charge in [-0.2, -0.15) is 0 Å². The van der Waals surface area contributed by atoms with E-state index >= 15 is 0 Å². The van der Waals surface area contributed by atoms with Gasteiger partial charge in [-0.25, -0.2) is 4.39 Å². The molecule has 0 spiro atoms. The van der Waals surface area contributed by atoms with Gasteiger partial charge in [0, 0.05) is 10.5 Å². The summed E-state index contributed by atoms with van der Waals surface area (Å²) < 4.78 is 13.1. The van der Waals surface area contributed by atoms with Crippen LogP contribution in [0, 0.1) is 5.82 Å². The van der Waals surface area contributed by atoms with Crippen LogP contribution in [0.4, 0.5) is 4.39 Å². The highest BCUT2D eigenvalue weighted by molar-refractivity contribution is 8.04. The van der Waals surface area contributed by atoms with Crippen molar-refractivity contribution in [2.75, 3.05) is 0 Å². The minimum absolute atomic E-state index is 0.0288. The van der Waals surface area contributed by atoms with Crippen molar-refractivity contribution in [2.24, 2.45) is 0 Å². The zero-order valence-electron chi connectivity index (χ0n) is 9.39. The quantitative estimate of drug-likeness (QED) is 0.713. The van der Waals surface area contributed by atoms with Crippen molar-refractivity contribution < 1.29 is 9.18 Å². The molecule has 1 aliphatic rings. The zero-order valence-corrected chi connectivity index (χ0v) is 10.2. The lowest BCUT2D eigenvalue weighted by Crippen LogP contribution is -1.94. The van der Waals surface area contributed by atoms with Crippen molar-refractivity contribution >= 4 is 23.6 Å². The molecule has 0 saturated heterocycles. The number of thioether (sulfide) groups is 1. The lowest BCUT2D eigenvalue weighted by Gasteiger charge is -1.94. The minimum atomic E-state index is -0.310. The van der Waals surface area contributed by atoms with E-state index in [9.17, 15) is 9.18 Å². The van der Waals surface area contributed by atoms with Crippen LogP contribution in [0.3, 0.4) is 0 Å². The van der Waals surface area contributed by atoms with Gasteiger partial charge in [0.25, 0.3) is 0 Å². The predicted octanol–water partition coefficient (Wildman–Crippen LogP) is 4.16. The summed E-state index contributed by atoms with van der Waals surface area (Å²) in [6, 6.07) is 13.9. The van der Waals surface area contributed by atoms with Gasteiger partial charge in [-0.05, 0) is 29.8 Å². The van der Waals surface area contributed by atoms with Crippen molar-refractivity contribution in [1.82, 2.24) is 0 Å². The van der Waals surface area contributed by atoms with E-state index in [0.29, 0.717) is 15.4 Å². The van der Waals surface area contributed by atoms with Crippen LogP contribution in [-0.2, 0) is 0 Å². The highest BCUT2D eigenvalue weighted by atomic mass is 32.2. The Bertz CT molecular complexity index is 647. The molecule has 1 heterocycles. The number of fused-ring (bicyclic) bond motifs is 1. The maximum absolute atomic E-state index is 13.1. The molecule has 2 aromatic rings. The van der Waals surface area contributed by atoms with Crippen LogP contribution in [0.5, 0.6) is 0 Å². The molecule has 0 aromatic heterocycles. The average molecular weight is 256 g/mol. The Kier molecular flexibility index (Phi) is 2.76. The molecule has 0 atom stereocenters. The molecule has 0 unspecified atom stereocenters. The summed E-state index contributed by atoms with van der Waals surface area (Å²) in [6.07, 6.45) is 1.84. The number of Topliss-reactive ketones (excluding diaryl/α,β-unsaturated/α-hetero) is 1. The molecule has 88 valence electrons. The molecule has 2 aromatic carbocycles. The third-order valence-electron chi connectivity index (χ3n) is 2.73. The van der Waals surface area contributed by atoms with Gasteiger partial charge in [0.2, 0.25) is 5.78 Å². The number of halogens is 1. The van der Waals surface area contributed by atoms with Crippen molar-refractivity contribution in [3.8, 4) is 0 Å². The van der Waals surface area contributed by atoms with Gasteiger partial charge in [0.1, 0.15) is 5.82 Å². The van der Waals surface area contributed by atoms with E-state index in [0.717, 1.165) is 5.56 Å². The Morgan fingerprint density at radius 2 is 1.83 bits per heavy atom. The highest BCUT2D eigenvalue weighted by Crippen LogP contribution is 2.40. The molecule has 0 aliphatic carbocycles. The third kappa shape index (κ3) is 1.97. The van der Waals surface area contributed by atoms with Crippen LogP contribution >= 0.6 is 11.8 Å². The first-order chi connectivity index (χ1) is 8.74. The number of carbonyl (C=O) groups excluding carboxylic acids is 1. The van der Waals surface area contributed by atoms with Gasteiger partial charge >= 0.3 is 0 Å². The Balaban J connectivity index is 2.00.